The summed E-state index contributed by atoms with van der Waals surface area (Å²) in [4.78, 5) is 17.9. The van der Waals surface area contributed by atoms with E-state index in [4.69, 9.17) is 5.26 Å². The summed E-state index contributed by atoms with van der Waals surface area (Å²) in [5.41, 5.74) is 2.34. The Hall–Kier alpha value is -2.87. The smallest absolute Gasteiger partial charge is 0.276 e. The predicted octanol–water partition coefficient (Wildman–Crippen LogP) is 2.27. The van der Waals surface area contributed by atoms with Gasteiger partial charge in [-0.3, -0.25) is 9.78 Å². The standard InChI is InChI=1S/C15H14N4O/c1-17-12-6-7-18-14(9-12)15(20)19(2)13-5-3-4-11(8-13)10-16/h3-9H,1-2H3,(H,17,18). The molecule has 0 bridgehead atoms. The summed E-state index contributed by atoms with van der Waals surface area (Å²) in [5.74, 6) is -0.225. The SMILES string of the molecule is CNc1ccnc(C(=O)N(C)c2cccc(C#N)c2)c1. The van der Waals surface area contributed by atoms with E-state index >= 15 is 0 Å². The number of hydrogen-bond donors (Lipinski definition) is 1. The summed E-state index contributed by atoms with van der Waals surface area (Å²) >= 11 is 0. The Labute approximate surface area is 117 Å². The molecule has 0 aliphatic carbocycles. The number of carbonyl (C=O) groups is 1. The van der Waals surface area contributed by atoms with Crippen LogP contribution < -0.4 is 10.2 Å². The number of hydrogen-bond acceptors (Lipinski definition) is 4. The minimum Gasteiger partial charge on any atom is -0.388 e. The summed E-state index contributed by atoms with van der Waals surface area (Å²) in [6.45, 7) is 0. The number of aromatic nitrogens is 1. The normalized spacial score (nSPS) is 9.65. The van der Waals surface area contributed by atoms with Crippen molar-refractivity contribution in [3.8, 4) is 6.07 Å². The van der Waals surface area contributed by atoms with Crippen LogP contribution in [0.3, 0.4) is 0 Å². The molecule has 0 fully saturated rings. The number of rotatable bonds is 3. The molecule has 5 heteroatoms. The molecule has 2 rings (SSSR count). The molecule has 0 saturated heterocycles. The predicted molar refractivity (Wildman–Crippen MR) is 77.7 cm³/mol. The average Bonchev–Trinajstić information content (AvgIpc) is 2.53. The first-order chi connectivity index (χ1) is 9.65. The average molecular weight is 266 g/mol. The van der Waals surface area contributed by atoms with Gasteiger partial charge >= 0.3 is 0 Å². The Balaban J connectivity index is 2.30. The number of nitriles is 1. The van der Waals surface area contributed by atoms with E-state index in [-0.39, 0.29) is 5.91 Å². The summed E-state index contributed by atoms with van der Waals surface area (Å²) in [6.07, 6.45) is 1.58. The van der Waals surface area contributed by atoms with Crippen molar-refractivity contribution in [2.45, 2.75) is 0 Å². The first-order valence-corrected chi connectivity index (χ1v) is 6.07. The van der Waals surface area contributed by atoms with Crippen molar-refractivity contribution in [3.05, 3.63) is 53.9 Å². The number of pyridine rings is 1. The van der Waals surface area contributed by atoms with Gasteiger partial charge in [0.2, 0.25) is 0 Å². The van der Waals surface area contributed by atoms with Crippen LogP contribution >= 0.6 is 0 Å². The van der Waals surface area contributed by atoms with Crippen molar-refractivity contribution >= 4 is 17.3 Å². The quantitative estimate of drug-likeness (QED) is 0.925. The van der Waals surface area contributed by atoms with Crippen LogP contribution in [0.4, 0.5) is 11.4 Å². The summed E-state index contributed by atoms with van der Waals surface area (Å²) in [7, 11) is 3.44. The lowest BCUT2D eigenvalue weighted by molar-refractivity contribution is 0.0988. The second-order valence-electron chi connectivity index (χ2n) is 4.21. The Morgan fingerprint density at radius 1 is 1.35 bits per heavy atom. The van der Waals surface area contributed by atoms with E-state index in [1.165, 1.54) is 4.90 Å². The first kappa shape index (κ1) is 13.6. The lowest BCUT2D eigenvalue weighted by Crippen LogP contribution is -2.27. The molecule has 1 amide bonds. The number of nitrogens with zero attached hydrogens (tertiary/aromatic N) is 3. The van der Waals surface area contributed by atoms with Crippen LogP contribution in [0.5, 0.6) is 0 Å². The molecule has 0 spiro atoms. The third-order valence-electron chi connectivity index (χ3n) is 2.93. The van der Waals surface area contributed by atoms with Crippen LogP contribution in [-0.2, 0) is 0 Å². The van der Waals surface area contributed by atoms with Gasteiger partial charge in [-0.05, 0) is 30.3 Å². The van der Waals surface area contributed by atoms with E-state index in [0.29, 0.717) is 16.9 Å². The molecule has 1 heterocycles. The second-order valence-corrected chi connectivity index (χ2v) is 4.21. The third-order valence-corrected chi connectivity index (χ3v) is 2.93. The molecule has 0 unspecified atom stereocenters. The van der Waals surface area contributed by atoms with Gasteiger partial charge in [0.15, 0.2) is 0 Å². The van der Waals surface area contributed by atoms with E-state index in [0.717, 1.165) is 5.69 Å². The zero-order chi connectivity index (χ0) is 14.5. The number of amides is 1. The van der Waals surface area contributed by atoms with Gasteiger partial charge in [-0.2, -0.15) is 5.26 Å². The maximum atomic E-state index is 12.4. The molecular weight excluding hydrogens is 252 g/mol. The molecule has 0 aliphatic heterocycles. The monoisotopic (exact) mass is 266 g/mol. The second kappa shape index (κ2) is 5.85. The van der Waals surface area contributed by atoms with Crippen LogP contribution in [0, 0.1) is 11.3 Å². The molecular formula is C15H14N4O. The lowest BCUT2D eigenvalue weighted by Gasteiger charge is -2.17. The van der Waals surface area contributed by atoms with E-state index < -0.39 is 0 Å². The maximum Gasteiger partial charge on any atom is 0.276 e. The summed E-state index contributed by atoms with van der Waals surface area (Å²) < 4.78 is 0. The minimum absolute atomic E-state index is 0.225. The van der Waals surface area contributed by atoms with Crippen LogP contribution in [-0.4, -0.2) is 25.0 Å². The van der Waals surface area contributed by atoms with Crippen molar-refractivity contribution in [1.29, 1.82) is 5.26 Å². The van der Waals surface area contributed by atoms with Crippen LogP contribution in [0.15, 0.2) is 42.6 Å². The van der Waals surface area contributed by atoms with E-state index in [1.807, 2.05) is 0 Å². The molecule has 1 N–H and O–H groups in total. The van der Waals surface area contributed by atoms with Crippen LogP contribution in [0.1, 0.15) is 16.1 Å². The van der Waals surface area contributed by atoms with E-state index in [1.54, 1.807) is 56.7 Å². The molecule has 0 saturated carbocycles. The van der Waals surface area contributed by atoms with Crippen molar-refractivity contribution in [3.63, 3.8) is 0 Å². The van der Waals surface area contributed by atoms with Gasteiger partial charge in [0.05, 0.1) is 11.6 Å². The van der Waals surface area contributed by atoms with Gasteiger partial charge < -0.3 is 10.2 Å². The van der Waals surface area contributed by atoms with Crippen molar-refractivity contribution in [2.75, 3.05) is 24.3 Å². The van der Waals surface area contributed by atoms with Gasteiger partial charge in [0.25, 0.3) is 5.91 Å². The highest BCUT2D eigenvalue weighted by molar-refractivity contribution is 6.04. The fraction of sp³-hybridized carbons (Fsp3) is 0.133. The van der Waals surface area contributed by atoms with Crippen molar-refractivity contribution in [1.82, 2.24) is 4.98 Å². The molecule has 0 aliphatic rings. The first-order valence-electron chi connectivity index (χ1n) is 6.07. The van der Waals surface area contributed by atoms with Gasteiger partial charge in [-0.25, -0.2) is 0 Å². The van der Waals surface area contributed by atoms with Gasteiger partial charge in [-0.1, -0.05) is 6.07 Å². The highest BCUT2D eigenvalue weighted by Crippen LogP contribution is 2.17. The minimum atomic E-state index is -0.225. The summed E-state index contributed by atoms with van der Waals surface area (Å²) in [6, 6.07) is 12.4. The molecule has 100 valence electrons. The zero-order valence-electron chi connectivity index (χ0n) is 11.3. The zero-order valence-corrected chi connectivity index (χ0v) is 11.3. The number of anilines is 2. The number of carbonyl (C=O) groups excluding carboxylic acids is 1. The molecule has 1 aromatic carbocycles. The largest absolute Gasteiger partial charge is 0.388 e. The topological polar surface area (TPSA) is 69.0 Å². The molecule has 2 aromatic rings. The van der Waals surface area contributed by atoms with Crippen molar-refractivity contribution < 1.29 is 4.79 Å². The fourth-order valence-electron chi connectivity index (χ4n) is 1.78. The molecule has 0 radical (unpaired) electrons. The molecule has 20 heavy (non-hydrogen) atoms. The van der Waals surface area contributed by atoms with Gasteiger partial charge in [0.1, 0.15) is 5.69 Å². The number of nitrogens with one attached hydrogen (secondary N) is 1. The highest BCUT2D eigenvalue weighted by Gasteiger charge is 2.15. The van der Waals surface area contributed by atoms with Crippen LogP contribution in [0.2, 0.25) is 0 Å². The van der Waals surface area contributed by atoms with Gasteiger partial charge in [-0.15, -0.1) is 0 Å². The molecule has 1 aromatic heterocycles. The van der Waals surface area contributed by atoms with Gasteiger partial charge in [0, 0.05) is 31.7 Å². The Bertz CT molecular complexity index is 676. The third kappa shape index (κ3) is 2.75. The Morgan fingerprint density at radius 2 is 2.15 bits per heavy atom. The molecule has 5 nitrogen and oxygen atoms in total. The summed E-state index contributed by atoms with van der Waals surface area (Å²) in [5, 5.41) is 11.9. The highest BCUT2D eigenvalue weighted by atomic mass is 16.2. The fourth-order valence-corrected chi connectivity index (χ4v) is 1.78. The van der Waals surface area contributed by atoms with E-state index in [2.05, 4.69) is 16.4 Å². The maximum absolute atomic E-state index is 12.4. The van der Waals surface area contributed by atoms with E-state index in [9.17, 15) is 4.79 Å². The Morgan fingerprint density at radius 3 is 2.85 bits per heavy atom. The van der Waals surface area contributed by atoms with Crippen molar-refractivity contribution in [2.24, 2.45) is 0 Å². The molecule has 0 atom stereocenters. The van der Waals surface area contributed by atoms with Crippen LogP contribution in [0.25, 0.3) is 0 Å². The lowest BCUT2D eigenvalue weighted by atomic mass is 10.2. The Kier molecular flexibility index (Phi) is 3.96. The number of benzene rings is 1.